The summed E-state index contributed by atoms with van der Waals surface area (Å²) in [6.45, 7) is 1.89. The van der Waals surface area contributed by atoms with Gasteiger partial charge in [-0.3, -0.25) is 13.9 Å². The fraction of sp³-hybridized carbons (Fsp3) is 0.200. The molecule has 0 saturated heterocycles. The first-order chi connectivity index (χ1) is 16.1. The van der Waals surface area contributed by atoms with E-state index in [4.69, 9.17) is 0 Å². The molecule has 9 heteroatoms. The molecule has 0 spiro atoms. The Morgan fingerprint density at radius 1 is 0.794 bits per heavy atom. The molecule has 3 aromatic carbocycles. The second-order valence-electron chi connectivity index (χ2n) is 7.91. The summed E-state index contributed by atoms with van der Waals surface area (Å²) in [4.78, 5) is 25.7. The van der Waals surface area contributed by atoms with E-state index in [9.17, 15) is 18.0 Å². The first kappa shape index (κ1) is 24.9. The van der Waals surface area contributed by atoms with Crippen molar-refractivity contribution in [1.29, 1.82) is 0 Å². The number of amides is 2. The summed E-state index contributed by atoms with van der Waals surface area (Å²) >= 11 is 0. The molecule has 178 valence electrons. The topological polar surface area (TPSA) is 98.8 Å². The van der Waals surface area contributed by atoms with Gasteiger partial charge in [0.15, 0.2) is 0 Å². The third-order valence-corrected chi connectivity index (χ3v) is 7.19. The molecular weight excluding hydrogens is 452 g/mol. The predicted molar refractivity (Wildman–Crippen MR) is 134 cm³/mol. The molecule has 0 aliphatic rings. The van der Waals surface area contributed by atoms with E-state index in [2.05, 4.69) is 10.6 Å². The lowest BCUT2D eigenvalue weighted by Gasteiger charge is -2.23. The van der Waals surface area contributed by atoms with Crippen molar-refractivity contribution < 1.29 is 18.0 Å². The lowest BCUT2D eigenvalue weighted by atomic mass is 10.1. The average Bonchev–Trinajstić information content (AvgIpc) is 2.84. The number of carbonyl (C=O) groups is 2. The zero-order valence-electron chi connectivity index (χ0n) is 19.5. The molecule has 8 nitrogen and oxygen atoms in total. The molecule has 0 aromatic heterocycles. The van der Waals surface area contributed by atoms with E-state index in [-0.39, 0.29) is 11.9 Å². The Balaban J connectivity index is 1.74. The van der Waals surface area contributed by atoms with Crippen LogP contribution >= 0.6 is 0 Å². The van der Waals surface area contributed by atoms with Crippen molar-refractivity contribution in [3.63, 3.8) is 0 Å². The van der Waals surface area contributed by atoms with E-state index >= 15 is 0 Å². The molecule has 0 heterocycles. The van der Waals surface area contributed by atoms with Gasteiger partial charge in [-0.25, -0.2) is 0 Å². The maximum Gasteiger partial charge on any atom is 0.303 e. The van der Waals surface area contributed by atoms with Gasteiger partial charge in [0.1, 0.15) is 0 Å². The third-order valence-electron chi connectivity index (χ3n) is 5.37. The van der Waals surface area contributed by atoms with E-state index in [0.29, 0.717) is 22.5 Å². The van der Waals surface area contributed by atoms with Gasteiger partial charge in [0.25, 0.3) is 11.8 Å². The molecule has 3 rings (SSSR count). The molecule has 0 radical (unpaired) electrons. The van der Waals surface area contributed by atoms with Crippen LogP contribution in [0.4, 0.5) is 11.4 Å². The molecular formula is C25H28N4O4S. The summed E-state index contributed by atoms with van der Waals surface area (Å²) in [6, 6.07) is 22.3. The van der Waals surface area contributed by atoms with Crippen LogP contribution in [0.1, 0.15) is 39.2 Å². The Morgan fingerprint density at radius 3 is 2.00 bits per heavy atom. The van der Waals surface area contributed by atoms with Crippen LogP contribution in [0.25, 0.3) is 0 Å². The van der Waals surface area contributed by atoms with E-state index in [1.54, 1.807) is 36.4 Å². The highest BCUT2D eigenvalue weighted by atomic mass is 32.2. The zero-order valence-corrected chi connectivity index (χ0v) is 20.3. The van der Waals surface area contributed by atoms with Crippen LogP contribution in [-0.4, -0.2) is 45.7 Å². The van der Waals surface area contributed by atoms with Crippen molar-refractivity contribution in [2.75, 3.05) is 30.8 Å². The lowest BCUT2D eigenvalue weighted by molar-refractivity contribution is 0.0940. The SMILES string of the molecule is C[C@@H](NC(=O)c1ccccc1NC(=O)c1ccc(N(C)S(=O)(=O)N(C)C)cc1)c1ccccc1. The van der Waals surface area contributed by atoms with Crippen molar-refractivity contribution in [2.45, 2.75) is 13.0 Å². The van der Waals surface area contributed by atoms with Gasteiger partial charge in [0.2, 0.25) is 0 Å². The molecule has 0 fully saturated rings. The van der Waals surface area contributed by atoms with Crippen molar-refractivity contribution in [3.8, 4) is 0 Å². The third kappa shape index (κ3) is 5.62. The number of nitrogens with one attached hydrogen (secondary N) is 2. The van der Waals surface area contributed by atoms with Crippen LogP contribution < -0.4 is 14.9 Å². The predicted octanol–water partition coefficient (Wildman–Crippen LogP) is 3.67. The summed E-state index contributed by atoms with van der Waals surface area (Å²) in [5.41, 5.74) is 2.43. The van der Waals surface area contributed by atoms with E-state index in [1.807, 2.05) is 37.3 Å². The van der Waals surface area contributed by atoms with Gasteiger partial charge >= 0.3 is 10.2 Å². The number of rotatable bonds is 8. The minimum Gasteiger partial charge on any atom is -0.345 e. The summed E-state index contributed by atoms with van der Waals surface area (Å²) in [5, 5.41) is 5.73. The normalized spacial score (nSPS) is 12.1. The van der Waals surface area contributed by atoms with Gasteiger partial charge in [0.05, 0.1) is 23.0 Å². The number of para-hydroxylation sites is 1. The maximum absolute atomic E-state index is 12.9. The van der Waals surface area contributed by atoms with Gasteiger partial charge in [0, 0.05) is 26.7 Å². The van der Waals surface area contributed by atoms with Crippen molar-refractivity contribution in [3.05, 3.63) is 95.6 Å². The molecule has 0 aliphatic carbocycles. The molecule has 0 bridgehead atoms. The maximum atomic E-state index is 12.9. The van der Waals surface area contributed by atoms with Crippen molar-refractivity contribution >= 4 is 33.4 Å². The van der Waals surface area contributed by atoms with E-state index in [0.717, 1.165) is 14.2 Å². The van der Waals surface area contributed by atoms with Crippen LogP contribution in [0.5, 0.6) is 0 Å². The Hall–Kier alpha value is -3.69. The molecule has 1 atom stereocenters. The van der Waals surface area contributed by atoms with Crippen LogP contribution in [0.15, 0.2) is 78.9 Å². The van der Waals surface area contributed by atoms with Crippen molar-refractivity contribution in [1.82, 2.24) is 9.62 Å². The van der Waals surface area contributed by atoms with Crippen molar-refractivity contribution in [2.24, 2.45) is 0 Å². The second-order valence-corrected chi connectivity index (χ2v) is 10.1. The number of hydrogen-bond donors (Lipinski definition) is 2. The molecule has 0 aliphatic heterocycles. The monoisotopic (exact) mass is 480 g/mol. The fourth-order valence-corrected chi connectivity index (χ4v) is 4.16. The Labute approximate surface area is 200 Å². The largest absolute Gasteiger partial charge is 0.345 e. The minimum atomic E-state index is -3.64. The summed E-state index contributed by atoms with van der Waals surface area (Å²) in [7, 11) is 0.697. The second kappa shape index (κ2) is 10.5. The summed E-state index contributed by atoms with van der Waals surface area (Å²) in [6.07, 6.45) is 0. The van der Waals surface area contributed by atoms with Gasteiger partial charge in [-0.05, 0) is 48.9 Å². The van der Waals surface area contributed by atoms with Gasteiger partial charge in [-0.2, -0.15) is 12.7 Å². The number of hydrogen-bond acceptors (Lipinski definition) is 4. The lowest BCUT2D eigenvalue weighted by Crippen LogP contribution is -2.37. The number of nitrogens with zero attached hydrogens (tertiary/aromatic N) is 2. The molecule has 2 amide bonds. The highest BCUT2D eigenvalue weighted by Crippen LogP contribution is 2.21. The molecule has 0 unspecified atom stereocenters. The average molecular weight is 481 g/mol. The molecule has 2 N–H and O–H groups in total. The highest BCUT2D eigenvalue weighted by molar-refractivity contribution is 7.90. The first-order valence-electron chi connectivity index (χ1n) is 10.6. The Bertz CT molecular complexity index is 1260. The first-order valence-corrected chi connectivity index (χ1v) is 12.0. The summed E-state index contributed by atoms with van der Waals surface area (Å²) in [5.74, 6) is -0.723. The van der Waals surface area contributed by atoms with E-state index < -0.39 is 16.1 Å². The standard InChI is InChI=1S/C25H28N4O4S/c1-18(19-10-6-5-7-11-19)26-25(31)22-12-8-9-13-23(22)27-24(30)20-14-16-21(17-15-20)29(4)34(32,33)28(2)3/h5-18H,1-4H3,(H,26,31)(H,27,30)/t18-/m1/s1. The fourth-order valence-electron chi connectivity index (χ4n) is 3.28. The van der Waals surface area contributed by atoms with Crippen LogP contribution in [0.3, 0.4) is 0 Å². The van der Waals surface area contributed by atoms with Crippen LogP contribution in [0.2, 0.25) is 0 Å². The number of anilines is 2. The Morgan fingerprint density at radius 2 is 1.38 bits per heavy atom. The summed E-state index contributed by atoms with van der Waals surface area (Å²) < 4.78 is 26.8. The molecule has 0 saturated carbocycles. The van der Waals surface area contributed by atoms with E-state index in [1.165, 1.54) is 33.3 Å². The van der Waals surface area contributed by atoms with Gasteiger partial charge in [-0.1, -0.05) is 42.5 Å². The van der Waals surface area contributed by atoms with Crippen LogP contribution in [-0.2, 0) is 10.2 Å². The number of carbonyl (C=O) groups excluding carboxylic acids is 2. The Kier molecular flexibility index (Phi) is 7.70. The molecule has 3 aromatic rings. The molecule has 34 heavy (non-hydrogen) atoms. The van der Waals surface area contributed by atoms with Gasteiger partial charge < -0.3 is 10.6 Å². The smallest absolute Gasteiger partial charge is 0.303 e. The highest BCUT2D eigenvalue weighted by Gasteiger charge is 2.21. The van der Waals surface area contributed by atoms with Gasteiger partial charge in [-0.15, -0.1) is 0 Å². The minimum absolute atomic E-state index is 0.208. The number of benzene rings is 3. The quantitative estimate of drug-likeness (QED) is 0.514. The van der Waals surface area contributed by atoms with Crippen LogP contribution in [0, 0.1) is 0 Å². The zero-order chi connectivity index (χ0) is 24.9.